The highest BCUT2D eigenvalue weighted by Gasteiger charge is 2.50. The molecule has 1 fully saturated rings. The quantitative estimate of drug-likeness (QED) is 0.641. The maximum atomic E-state index is 14.1. The van der Waals surface area contributed by atoms with Crippen LogP contribution in [-0.4, -0.2) is 34.3 Å². The fourth-order valence-electron chi connectivity index (χ4n) is 3.93. The van der Waals surface area contributed by atoms with E-state index in [-0.39, 0.29) is 12.3 Å². The number of hydrogen-bond acceptors (Lipinski definition) is 4. The molecule has 5 nitrogen and oxygen atoms in total. The van der Waals surface area contributed by atoms with Crippen LogP contribution < -0.4 is 5.32 Å². The summed E-state index contributed by atoms with van der Waals surface area (Å²) in [5, 5.41) is 12.2. The summed E-state index contributed by atoms with van der Waals surface area (Å²) in [7, 11) is 1.61. The normalized spacial score (nSPS) is 20.4. The fraction of sp³-hybridized carbons (Fsp3) is 0.304. The Kier molecular flexibility index (Phi) is 5.77. The number of rotatable bonds is 6. The number of carbonyl (C=O) groups is 1. The summed E-state index contributed by atoms with van der Waals surface area (Å²) >= 11 is 6.04. The lowest BCUT2D eigenvalue weighted by Gasteiger charge is -2.43. The van der Waals surface area contributed by atoms with Crippen LogP contribution in [0.4, 0.5) is 4.39 Å². The Hall–Kier alpha value is -2.86. The van der Waals surface area contributed by atoms with E-state index in [0.717, 1.165) is 11.1 Å². The summed E-state index contributed by atoms with van der Waals surface area (Å²) in [5.74, 6) is 0.416. The van der Waals surface area contributed by atoms with Crippen LogP contribution in [0.3, 0.4) is 0 Å². The van der Waals surface area contributed by atoms with E-state index in [1.54, 1.807) is 19.2 Å². The zero-order valence-corrected chi connectivity index (χ0v) is 17.4. The number of aromatic nitrogens is 3. The van der Waals surface area contributed by atoms with Crippen molar-refractivity contribution in [3.63, 3.8) is 0 Å². The maximum Gasteiger partial charge on any atom is 0.220 e. The second kappa shape index (κ2) is 8.48. The standard InChI is InChI=1S/C23H22ClFN4O/c1-26-20(30)12-11-19-21(15-5-3-2-4-6-15)28-29-22(27-19)23(13-18(25)14-23)16-7-9-17(24)10-8-16/h2-10,18H,11-14H2,1H3,(H,26,30). The first kappa shape index (κ1) is 20.4. The molecule has 30 heavy (non-hydrogen) atoms. The molecular formula is C23H22ClFN4O. The van der Waals surface area contributed by atoms with Crippen molar-refractivity contribution in [1.29, 1.82) is 0 Å². The lowest BCUT2D eigenvalue weighted by molar-refractivity contribution is -0.120. The van der Waals surface area contributed by atoms with E-state index in [1.807, 2.05) is 42.5 Å². The van der Waals surface area contributed by atoms with Crippen LogP contribution in [0.2, 0.25) is 5.02 Å². The average molecular weight is 425 g/mol. The van der Waals surface area contributed by atoms with Crippen molar-refractivity contribution in [3.8, 4) is 11.3 Å². The van der Waals surface area contributed by atoms with Crippen LogP contribution in [0.25, 0.3) is 11.3 Å². The van der Waals surface area contributed by atoms with Crippen LogP contribution in [0, 0.1) is 0 Å². The third-order valence-corrected chi connectivity index (χ3v) is 5.89. The number of nitrogens with one attached hydrogen (secondary N) is 1. The van der Waals surface area contributed by atoms with Crippen molar-refractivity contribution in [2.24, 2.45) is 0 Å². The van der Waals surface area contributed by atoms with Crippen molar-refractivity contribution < 1.29 is 9.18 Å². The van der Waals surface area contributed by atoms with Crippen molar-refractivity contribution in [2.45, 2.75) is 37.3 Å². The van der Waals surface area contributed by atoms with Gasteiger partial charge in [0.15, 0.2) is 5.82 Å². The Morgan fingerprint density at radius 1 is 1.13 bits per heavy atom. The summed E-state index contributed by atoms with van der Waals surface area (Å²) in [6, 6.07) is 17.0. The van der Waals surface area contributed by atoms with Gasteiger partial charge in [-0.1, -0.05) is 54.1 Å². The fourth-order valence-corrected chi connectivity index (χ4v) is 4.05. The smallest absolute Gasteiger partial charge is 0.220 e. The van der Waals surface area contributed by atoms with Gasteiger partial charge in [0, 0.05) is 30.5 Å². The van der Waals surface area contributed by atoms with E-state index in [2.05, 4.69) is 15.5 Å². The molecule has 1 heterocycles. The second-order valence-corrected chi connectivity index (χ2v) is 8.00. The molecule has 7 heteroatoms. The Labute approximate surface area is 179 Å². The monoisotopic (exact) mass is 424 g/mol. The molecule has 154 valence electrons. The van der Waals surface area contributed by atoms with Crippen LogP contribution in [0.5, 0.6) is 0 Å². The number of nitrogens with zero attached hydrogens (tertiary/aromatic N) is 3. The summed E-state index contributed by atoms with van der Waals surface area (Å²) in [5.41, 5.74) is 2.51. The Bertz CT molecular complexity index is 1040. The average Bonchev–Trinajstić information content (AvgIpc) is 2.76. The molecule has 1 aliphatic carbocycles. The first-order valence-corrected chi connectivity index (χ1v) is 10.3. The molecule has 1 aromatic heterocycles. The van der Waals surface area contributed by atoms with Gasteiger partial charge in [0.05, 0.1) is 11.1 Å². The molecular weight excluding hydrogens is 403 g/mol. The van der Waals surface area contributed by atoms with Gasteiger partial charge in [0.25, 0.3) is 0 Å². The molecule has 3 aromatic rings. The molecule has 1 aliphatic rings. The minimum absolute atomic E-state index is 0.0749. The topological polar surface area (TPSA) is 67.8 Å². The number of halogens is 2. The number of hydrogen-bond donors (Lipinski definition) is 1. The summed E-state index contributed by atoms with van der Waals surface area (Å²) in [6.45, 7) is 0. The molecule has 0 saturated heterocycles. The van der Waals surface area contributed by atoms with E-state index >= 15 is 0 Å². The van der Waals surface area contributed by atoms with Crippen molar-refractivity contribution in [3.05, 3.63) is 76.7 Å². The van der Waals surface area contributed by atoms with Gasteiger partial charge in [0.2, 0.25) is 5.91 Å². The number of amides is 1. The molecule has 0 spiro atoms. The van der Waals surface area contributed by atoms with Crippen LogP contribution in [-0.2, 0) is 16.6 Å². The summed E-state index contributed by atoms with van der Waals surface area (Å²) in [4.78, 5) is 16.7. The first-order valence-electron chi connectivity index (χ1n) is 9.92. The predicted molar refractivity (Wildman–Crippen MR) is 114 cm³/mol. The lowest BCUT2D eigenvalue weighted by atomic mass is 9.62. The van der Waals surface area contributed by atoms with E-state index in [0.29, 0.717) is 41.5 Å². The Morgan fingerprint density at radius 2 is 1.83 bits per heavy atom. The Balaban J connectivity index is 1.77. The van der Waals surface area contributed by atoms with Gasteiger partial charge in [-0.05, 0) is 30.5 Å². The largest absolute Gasteiger partial charge is 0.359 e. The van der Waals surface area contributed by atoms with Gasteiger partial charge < -0.3 is 5.32 Å². The summed E-state index contributed by atoms with van der Waals surface area (Å²) in [6.07, 6.45) is 0.398. The van der Waals surface area contributed by atoms with Crippen molar-refractivity contribution >= 4 is 17.5 Å². The zero-order valence-electron chi connectivity index (χ0n) is 16.6. The number of carbonyl (C=O) groups excluding carboxylic acids is 1. The maximum absolute atomic E-state index is 14.1. The third-order valence-electron chi connectivity index (χ3n) is 5.64. The second-order valence-electron chi connectivity index (χ2n) is 7.56. The molecule has 0 unspecified atom stereocenters. The highest BCUT2D eigenvalue weighted by Crippen LogP contribution is 2.49. The lowest BCUT2D eigenvalue weighted by Crippen LogP contribution is -2.45. The van der Waals surface area contributed by atoms with Gasteiger partial charge in [0.1, 0.15) is 11.9 Å². The van der Waals surface area contributed by atoms with E-state index in [1.165, 1.54) is 0 Å². The molecule has 1 amide bonds. The van der Waals surface area contributed by atoms with Gasteiger partial charge >= 0.3 is 0 Å². The minimum Gasteiger partial charge on any atom is -0.359 e. The van der Waals surface area contributed by atoms with Crippen LogP contribution in [0.1, 0.15) is 36.3 Å². The van der Waals surface area contributed by atoms with Gasteiger partial charge in [-0.3, -0.25) is 4.79 Å². The molecule has 2 aromatic carbocycles. The number of aryl methyl sites for hydroxylation is 1. The zero-order chi connectivity index (χ0) is 21.1. The molecule has 0 bridgehead atoms. The molecule has 1 saturated carbocycles. The third kappa shape index (κ3) is 3.92. The number of alkyl halides is 1. The molecule has 1 N–H and O–H groups in total. The van der Waals surface area contributed by atoms with Gasteiger partial charge in [-0.2, -0.15) is 0 Å². The highest BCUT2D eigenvalue weighted by atomic mass is 35.5. The first-order chi connectivity index (χ1) is 14.5. The Morgan fingerprint density at radius 3 is 2.47 bits per heavy atom. The molecule has 0 aliphatic heterocycles. The summed E-state index contributed by atoms with van der Waals surface area (Å²) < 4.78 is 14.1. The minimum atomic E-state index is -0.910. The number of benzene rings is 2. The van der Waals surface area contributed by atoms with Gasteiger partial charge in [-0.15, -0.1) is 10.2 Å². The van der Waals surface area contributed by atoms with E-state index in [4.69, 9.17) is 16.6 Å². The molecule has 0 atom stereocenters. The van der Waals surface area contributed by atoms with Gasteiger partial charge in [-0.25, -0.2) is 9.37 Å². The molecule has 0 radical (unpaired) electrons. The van der Waals surface area contributed by atoms with Crippen molar-refractivity contribution in [2.75, 3.05) is 7.05 Å². The van der Waals surface area contributed by atoms with Crippen LogP contribution in [0.15, 0.2) is 54.6 Å². The van der Waals surface area contributed by atoms with Crippen molar-refractivity contribution in [1.82, 2.24) is 20.5 Å². The van der Waals surface area contributed by atoms with E-state index in [9.17, 15) is 9.18 Å². The predicted octanol–water partition coefficient (Wildman–Crippen LogP) is 4.29. The van der Waals surface area contributed by atoms with Crippen LogP contribution >= 0.6 is 11.6 Å². The highest BCUT2D eigenvalue weighted by molar-refractivity contribution is 6.30. The van der Waals surface area contributed by atoms with E-state index < -0.39 is 11.6 Å². The SMILES string of the molecule is CNC(=O)CCc1nc(C2(c3ccc(Cl)cc3)CC(F)C2)nnc1-c1ccccc1. The molecule has 4 rings (SSSR count).